The predicted octanol–water partition coefficient (Wildman–Crippen LogP) is 3.86. The molecule has 0 unspecified atom stereocenters. The number of pyridine rings is 1. The SMILES string of the molecule is N=C1CCCCN1c1ccc(Cl)c2cccnc12. The first-order chi connectivity index (χ1) is 8.77. The first kappa shape index (κ1) is 11.5. The summed E-state index contributed by atoms with van der Waals surface area (Å²) in [5, 5.41) is 9.74. The van der Waals surface area contributed by atoms with Crippen LogP contribution in [0.3, 0.4) is 0 Å². The zero-order valence-electron chi connectivity index (χ0n) is 9.99. The van der Waals surface area contributed by atoms with E-state index in [0.717, 1.165) is 42.4 Å². The summed E-state index contributed by atoms with van der Waals surface area (Å²) in [7, 11) is 0. The molecule has 0 spiro atoms. The molecular weight excluding hydrogens is 246 g/mol. The molecule has 1 N–H and O–H groups in total. The number of halogens is 1. The van der Waals surface area contributed by atoms with E-state index in [4.69, 9.17) is 17.0 Å². The lowest BCUT2D eigenvalue weighted by Gasteiger charge is -2.30. The molecular formula is C14H14ClN3. The number of rotatable bonds is 1. The van der Waals surface area contributed by atoms with Crippen molar-refractivity contribution in [2.24, 2.45) is 0 Å². The number of piperidine rings is 1. The van der Waals surface area contributed by atoms with E-state index in [1.807, 2.05) is 24.3 Å². The van der Waals surface area contributed by atoms with Gasteiger partial charge in [-0.1, -0.05) is 11.6 Å². The van der Waals surface area contributed by atoms with Crippen molar-refractivity contribution in [1.82, 2.24) is 4.98 Å². The lowest BCUT2D eigenvalue weighted by Crippen LogP contribution is -2.34. The first-order valence-corrected chi connectivity index (χ1v) is 6.53. The molecule has 1 fully saturated rings. The van der Waals surface area contributed by atoms with Crippen LogP contribution in [0.1, 0.15) is 19.3 Å². The van der Waals surface area contributed by atoms with E-state index in [0.29, 0.717) is 10.9 Å². The maximum absolute atomic E-state index is 8.08. The van der Waals surface area contributed by atoms with E-state index >= 15 is 0 Å². The normalized spacial score (nSPS) is 16.3. The van der Waals surface area contributed by atoms with Crippen molar-refractivity contribution in [1.29, 1.82) is 5.41 Å². The Morgan fingerprint density at radius 2 is 2.11 bits per heavy atom. The molecule has 2 heterocycles. The number of nitrogens with one attached hydrogen (secondary N) is 1. The highest BCUT2D eigenvalue weighted by atomic mass is 35.5. The standard InChI is InChI=1S/C14H14ClN3/c15-11-6-7-12(14-10(11)4-3-8-17-14)18-9-2-1-5-13(18)16/h3-4,6-8,16H,1-2,5,9H2. The largest absolute Gasteiger partial charge is 0.328 e. The first-order valence-electron chi connectivity index (χ1n) is 6.15. The smallest absolute Gasteiger partial charge is 0.100 e. The van der Waals surface area contributed by atoms with Gasteiger partial charge in [-0.25, -0.2) is 0 Å². The van der Waals surface area contributed by atoms with Gasteiger partial charge in [-0.2, -0.15) is 0 Å². The maximum Gasteiger partial charge on any atom is 0.100 e. The van der Waals surface area contributed by atoms with Crippen LogP contribution in [-0.2, 0) is 0 Å². The Labute approximate surface area is 111 Å². The number of anilines is 1. The summed E-state index contributed by atoms with van der Waals surface area (Å²) < 4.78 is 0. The molecule has 2 aromatic rings. The molecule has 0 saturated carbocycles. The molecule has 0 amide bonds. The van der Waals surface area contributed by atoms with Gasteiger partial charge in [0.25, 0.3) is 0 Å². The van der Waals surface area contributed by atoms with Gasteiger partial charge in [0.15, 0.2) is 0 Å². The summed E-state index contributed by atoms with van der Waals surface area (Å²) >= 11 is 6.19. The number of hydrogen-bond donors (Lipinski definition) is 1. The van der Waals surface area contributed by atoms with Gasteiger partial charge in [0, 0.05) is 24.5 Å². The van der Waals surface area contributed by atoms with Crippen LogP contribution >= 0.6 is 11.6 Å². The minimum atomic E-state index is 0.676. The molecule has 0 aliphatic carbocycles. The maximum atomic E-state index is 8.08. The third kappa shape index (κ3) is 1.85. The van der Waals surface area contributed by atoms with Gasteiger partial charge in [-0.15, -0.1) is 0 Å². The minimum Gasteiger partial charge on any atom is -0.328 e. The molecule has 1 aromatic carbocycles. The van der Waals surface area contributed by atoms with Crippen molar-refractivity contribution >= 4 is 34.0 Å². The Hall–Kier alpha value is -1.61. The number of fused-ring (bicyclic) bond motifs is 1. The third-order valence-corrected chi connectivity index (χ3v) is 3.69. The van der Waals surface area contributed by atoms with Crippen LogP contribution in [0, 0.1) is 5.41 Å². The van der Waals surface area contributed by atoms with Crippen molar-refractivity contribution in [2.45, 2.75) is 19.3 Å². The summed E-state index contributed by atoms with van der Waals surface area (Å²) in [5.74, 6) is 0.676. The minimum absolute atomic E-state index is 0.676. The van der Waals surface area contributed by atoms with Crippen LogP contribution in [0.25, 0.3) is 10.9 Å². The van der Waals surface area contributed by atoms with Crippen molar-refractivity contribution in [3.63, 3.8) is 0 Å². The molecule has 0 atom stereocenters. The zero-order valence-corrected chi connectivity index (χ0v) is 10.7. The lowest BCUT2D eigenvalue weighted by molar-refractivity contribution is 0.708. The molecule has 4 heteroatoms. The monoisotopic (exact) mass is 259 g/mol. The number of hydrogen-bond acceptors (Lipinski definition) is 2. The summed E-state index contributed by atoms with van der Waals surface area (Å²) in [5.41, 5.74) is 1.89. The fourth-order valence-electron chi connectivity index (χ4n) is 2.44. The summed E-state index contributed by atoms with van der Waals surface area (Å²) in [6.07, 6.45) is 4.85. The van der Waals surface area contributed by atoms with Crippen LogP contribution in [0.5, 0.6) is 0 Å². The molecule has 3 rings (SSSR count). The summed E-state index contributed by atoms with van der Waals surface area (Å²) in [6.45, 7) is 0.895. The second-order valence-electron chi connectivity index (χ2n) is 4.52. The number of nitrogens with zero attached hydrogens (tertiary/aromatic N) is 2. The molecule has 18 heavy (non-hydrogen) atoms. The molecule has 1 aliphatic heterocycles. The fraction of sp³-hybridized carbons (Fsp3) is 0.286. The Morgan fingerprint density at radius 3 is 2.94 bits per heavy atom. The molecule has 1 saturated heterocycles. The van der Waals surface area contributed by atoms with Crippen molar-refractivity contribution in [3.8, 4) is 0 Å². The lowest BCUT2D eigenvalue weighted by atomic mass is 10.1. The average molecular weight is 260 g/mol. The van der Waals surface area contributed by atoms with E-state index in [1.165, 1.54) is 0 Å². The Morgan fingerprint density at radius 1 is 1.22 bits per heavy atom. The van der Waals surface area contributed by atoms with Gasteiger partial charge >= 0.3 is 0 Å². The molecule has 92 valence electrons. The van der Waals surface area contributed by atoms with Gasteiger partial charge < -0.3 is 4.90 Å². The van der Waals surface area contributed by atoms with Gasteiger partial charge in [-0.05, 0) is 37.1 Å². The predicted molar refractivity (Wildman–Crippen MR) is 75.7 cm³/mol. The van der Waals surface area contributed by atoms with Crippen molar-refractivity contribution in [3.05, 3.63) is 35.5 Å². The van der Waals surface area contributed by atoms with Gasteiger partial charge in [0.05, 0.1) is 16.2 Å². The molecule has 3 nitrogen and oxygen atoms in total. The van der Waals surface area contributed by atoms with E-state index in [2.05, 4.69) is 9.88 Å². The molecule has 0 bridgehead atoms. The molecule has 1 aromatic heterocycles. The highest BCUT2D eigenvalue weighted by Gasteiger charge is 2.19. The zero-order chi connectivity index (χ0) is 12.5. The van der Waals surface area contributed by atoms with Crippen LogP contribution < -0.4 is 4.90 Å². The number of amidine groups is 1. The van der Waals surface area contributed by atoms with Crippen molar-refractivity contribution < 1.29 is 0 Å². The summed E-state index contributed by atoms with van der Waals surface area (Å²) in [6, 6.07) is 7.72. The van der Waals surface area contributed by atoms with Crippen LogP contribution in [0.15, 0.2) is 30.5 Å². The Bertz CT molecular complexity index is 609. The van der Waals surface area contributed by atoms with Gasteiger partial charge in [0.1, 0.15) is 5.84 Å². The fourth-order valence-corrected chi connectivity index (χ4v) is 2.65. The number of benzene rings is 1. The van der Waals surface area contributed by atoms with Crippen LogP contribution in [0.2, 0.25) is 5.02 Å². The van der Waals surface area contributed by atoms with Crippen molar-refractivity contribution in [2.75, 3.05) is 11.4 Å². The molecule has 1 aliphatic rings. The number of aromatic nitrogens is 1. The second-order valence-corrected chi connectivity index (χ2v) is 4.93. The second kappa shape index (κ2) is 4.58. The summed E-state index contributed by atoms with van der Waals surface area (Å²) in [4.78, 5) is 6.48. The Kier molecular flexibility index (Phi) is 2.92. The Balaban J connectivity index is 2.17. The molecule has 0 radical (unpaired) electrons. The van der Waals surface area contributed by atoms with Gasteiger partial charge in [0.2, 0.25) is 0 Å². The highest BCUT2D eigenvalue weighted by molar-refractivity contribution is 6.36. The quantitative estimate of drug-likeness (QED) is 0.845. The van der Waals surface area contributed by atoms with E-state index in [-0.39, 0.29) is 0 Å². The van der Waals surface area contributed by atoms with E-state index < -0.39 is 0 Å². The average Bonchev–Trinajstić information content (AvgIpc) is 2.41. The van der Waals surface area contributed by atoms with Gasteiger partial charge in [-0.3, -0.25) is 10.4 Å². The van der Waals surface area contributed by atoms with E-state index in [1.54, 1.807) is 6.20 Å². The van der Waals surface area contributed by atoms with E-state index in [9.17, 15) is 0 Å². The topological polar surface area (TPSA) is 40.0 Å². The highest BCUT2D eigenvalue weighted by Crippen LogP contribution is 2.32. The third-order valence-electron chi connectivity index (χ3n) is 3.36. The van der Waals surface area contributed by atoms with Crippen LogP contribution in [-0.4, -0.2) is 17.4 Å². The van der Waals surface area contributed by atoms with Crippen LogP contribution in [0.4, 0.5) is 5.69 Å².